The zero-order valence-corrected chi connectivity index (χ0v) is 9.51. The Kier molecular flexibility index (Phi) is 3.21. The number of amides is 2. The summed E-state index contributed by atoms with van der Waals surface area (Å²) < 4.78 is 0. The van der Waals surface area contributed by atoms with E-state index in [-0.39, 0.29) is 18.4 Å². The van der Waals surface area contributed by atoms with Crippen molar-refractivity contribution in [1.82, 2.24) is 10.2 Å². The number of β-amino-alcohol motifs (C(OH)–C–C–N with tert-alkyl or cyclic N) is 1. The lowest BCUT2D eigenvalue weighted by Crippen LogP contribution is -2.40. The van der Waals surface area contributed by atoms with E-state index in [2.05, 4.69) is 5.32 Å². The van der Waals surface area contributed by atoms with Crippen LogP contribution in [0.1, 0.15) is 20.7 Å². The molecule has 1 heterocycles. The molecular formula is C12H14N2O3. The molecule has 0 fully saturated rings. The van der Waals surface area contributed by atoms with Crippen molar-refractivity contribution in [2.75, 3.05) is 20.1 Å². The first kappa shape index (κ1) is 11.8. The summed E-state index contributed by atoms with van der Waals surface area (Å²) in [5.41, 5.74) is 0.823. The molecule has 2 rings (SSSR count). The summed E-state index contributed by atoms with van der Waals surface area (Å²) in [5, 5.41) is 12.4. The normalized spacial score (nSPS) is 16.2. The highest BCUT2D eigenvalue weighted by Gasteiger charge is 2.35. The van der Waals surface area contributed by atoms with Gasteiger partial charge in [-0.3, -0.25) is 14.5 Å². The molecule has 0 aliphatic carbocycles. The van der Waals surface area contributed by atoms with Crippen LogP contribution in [0.3, 0.4) is 0 Å². The summed E-state index contributed by atoms with van der Waals surface area (Å²) in [4.78, 5) is 24.9. The highest BCUT2D eigenvalue weighted by Crippen LogP contribution is 2.22. The Bertz CT molecular complexity index is 424. The Labute approximate surface area is 99.0 Å². The largest absolute Gasteiger partial charge is 0.390 e. The maximum Gasteiger partial charge on any atom is 0.261 e. The Hall–Kier alpha value is -1.72. The number of hydrogen-bond donors (Lipinski definition) is 2. The van der Waals surface area contributed by atoms with Crippen LogP contribution in [0.4, 0.5) is 0 Å². The van der Waals surface area contributed by atoms with Gasteiger partial charge in [-0.1, -0.05) is 12.1 Å². The molecule has 1 unspecified atom stereocenters. The molecule has 5 heteroatoms. The molecule has 17 heavy (non-hydrogen) atoms. The van der Waals surface area contributed by atoms with Gasteiger partial charge in [0, 0.05) is 6.54 Å². The minimum atomic E-state index is -0.748. The zero-order chi connectivity index (χ0) is 12.4. The summed E-state index contributed by atoms with van der Waals surface area (Å²) in [7, 11) is 1.70. The molecule has 0 aromatic heterocycles. The van der Waals surface area contributed by atoms with Crippen LogP contribution in [0.25, 0.3) is 0 Å². The lowest BCUT2D eigenvalue weighted by atomic mass is 10.1. The molecule has 2 amide bonds. The molecule has 0 bridgehead atoms. The number of imide groups is 1. The van der Waals surface area contributed by atoms with Crippen molar-refractivity contribution in [3.8, 4) is 0 Å². The van der Waals surface area contributed by atoms with Crippen LogP contribution in [0.5, 0.6) is 0 Å². The number of aliphatic hydroxyl groups is 1. The Morgan fingerprint density at radius 2 is 1.76 bits per heavy atom. The summed E-state index contributed by atoms with van der Waals surface area (Å²) in [6, 6.07) is 6.69. The van der Waals surface area contributed by atoms with E-state index in [1.54, 1.807) is 31.3 Å². The molecular weight excluding hydrogens is 220 g/mol. The number of nitrogens with one attached hydrogen (secondary N) is 1. The van der Waals surface area contributed by atoms with Crippen LogP contribution < -0.4 is 5.32 Å². The van der Waals surface area contributed by atoms with Crippen molar-refractivity contribution < 1.29 is 14.7 Å². The van der Waals surface area contributed by atoms with Crippen molar-refractivity contribution >= 4 is 11.8 Å². The van der Waals surface area contributed by atoms with Crippen molar-refractivity contribution in [3.63, 3.8) is 0 Å². The molecule has 90 valence electrons. The van der Waals surface area contributed by atoms with Gasteiger partial charge in [0.05, 0.1) is 23.8 Å². The van der Waals surface area contributed by atoms with Crippen molar-refractivity contribution in [2.24, 2.45) is 0 Å². The lowest BCUT2D eigenvalue weighted by molar-refractivity contribution is 0.0546. The third kappa shape index (κ3) is 2.07. The van der Waals surface area contributed by atoms with Crippen molar-refractivity contribution in [2.45, 2.75) is 6.10 Å². The number of hydrogen-bond acceptors (Lipinski definition) is 4. The predicted octanol–water partition coefficient (Wildman–Crippen LogP) is -0.137. The average Bonchev–Trinajstić information content (AvgIpc) is 2.56. The first-order valence-electron chi connectivity index (χ1n) is 5.43. The van der Waals surface area contributed by atoms with E-state index in [9.17, 15) is 14.7 Å². The van der Waals surface area contributed by atoms with E-state index in [1.807, 2.05) is 0 Å². The second kappa shape index (κ2) is 4.65. The Morgan fingerprint density at radius 1 is 1.24 bits per heavy atom. The zero-order valence-electron chi connectivity index (χ0n) is 9.51. The third-order valence-corrected chi connectivity index (χ3v) is 2.71. The maximum atomic E-state index is 11.9. The molecule has 0 saturated carbocycles. The summed E-state index contributed by atoms with van der Waals surface area (Å²) in [6.45, 7) is 0.362. The van der Waals surface area contributed by atoms with Crippen LogP contribution >= 0.6 is 0 Å². The van der Waals surface area contributed by atoms with Gasteiger partial charge >= 0.3 is 0 Å². The number of benzene rings is 1. The fourth-order valence-electron chi connectivity index (χ4n) is 1.92. The van der Waals surface area contributed by atoms with Crippen LogP contribution in [0, 0.1) is 0 Å². The number of nitrogens with zero attached hydrogens (tertiary/aromatic N) is 1. The van der Waals surface area contributed by atoms with Crippen molar-refractivity contribution in [1.29, 1.82) is 0 Å². The van der Waals surface area contributed by atoms with Crippen molar-refractivity contribution in [3.05, 3.63) is 35.4 Å². The number of carbonyl (C=O) groups excluding carboxylic acids is 2. The average molecular weight is 234 g/mol. The van der Waals surface area contributed by atoms with Crippen LogP contribution in [-0.4, -0.2) is 48.1 Å². The molecule has 1 aliphatic rings. The van der Waals surface area contributed by atoms with Gasteiger partial charge in [0.2, 0.25) is 0 Å². The second-order valence-electron chi connectivity index (χ2n) is 3.98. The molecule has 0 spiro atoms. The molecule has 0 radical (unpaired) electrons. The van der Waals surface area contributed by atoms with Crippen LogP contribution in [-0.2, 0) is 0 Å². The third-order valence-electron chi connectivity index (χ3n) is 2.71. The predicted molar refractivity (Wildman–Crippen MR) is 61.7 cm³/mol. The SMILES string of the molecule is CNCC(O)CN1C(=O)c2ccccc2C1=O. The molecule has 1 aromatic carbocycles. The van der Waals surface area contributed by atoms with Gasteiger partial charge in [-0.05, 0) is 19.2 Å². The number of likely N-dealkylation sites (N-methyl/N-ethyl adjacent to an activating group) is 1. The molecule has 1 atom stereocenters. The van der Waals surface area contributed by atoms with E-state index in [0.29, 0.717) is 17.7 Å². The second-order valence-corrected chi connectivity index (χ2v) is 3.98. The molecule has 1 aliphatic heterocycles. The molecule has 1 aromatic rings. The number of carbonyl (C=O) groups is 2. The van der Waals surface area contributed by atoms with E-state index in [1.165, 1.54) is 0 Å². The van der Waals surface area contributed by atoms with E-state index >= 15 is 0 Å². The maximum absolute atomic E-state index is 11.9. The van der Waals surface area contributed by atoms with Gasteiger partial charge in [0.15, 0.2) is 0 Å². The fraction of sp³-hybridized carbons (Fsp3) is 0.333. The topological polar surface area (TPSA) is 69.6 Å². The number of fused-ring (bicyclic) bond motifs is 1. The number of rotatable bonds is 4. The standard InChI is InChI=1S/C12H14N2O3/c1-13-6-8(15)7-14-11(16)9-4-2-3-5-10(9)12(14)17/h2-5,8,13,15H,6-7H2,1H3. The quantitative estimate of drug-likeness (QED) is 0.712. The van der Waals surface area contributed by atoms with Gasteiger partial charge in [0.25, 0.3) is 11.8 Å². The Morgan fingerprint density at radius 3 is 2.24 bits per heavy atom. The first-order valence-corrected chi connectivity index (χ1v) is 5.43. The highest BCUT2D eigenvalue weighted by atomic mass is 16.3. The highest BCUT2D eigenvalue weighted by molar-refractivity contribution is 6.21. The van der Waals surface area contributed by atoms with Crippen LogP contribution in [0.2, 0.25) is 0 Å². The summed E-state index contributed by atoms with van der Waals surface area (Å²) in [5.74, 6) is -0.665. The fourth-order valence-corrected chi connectivity index (χ4v) is 1.92. The van der Waals surface area contributed by atoms with Gasteiger partial charge in [-0.25, -0.2) is 0 Å². The summed E-state index contributed by atoms with van der Waals surface area (Å²) >= 11 is 0. The molecule has 5 nitrogen and oxygen atoms in total. The van der Waals surface area contributed by atoms with E-state index in [0.717, 1.165) is 4.90 Å². The van der Waals surface area contributed by atoms with Gasteiger partial charge in [0.1, 0.15) is 0 Å². The number of aliphatic hydroxyl groups excluding tert-OH is 1. The first-order chi connectivity index (χ1) is 8.15. The van der Waals surface area contributed by atoms with Gasteiger partial charge < -0.3 is 10.4 Å². The van der Waals surface area contributed by atoms with E-state index < -0.39 is 6.10 Å². The molecule has 0 saturated heterocycles. The molecule has 2 N–H and O–H groups in total. The smallest absolute Gasteiger partial charge is 0.261 e. The Balaban J connectivity index is 2.19. The minimum Gasteiger partial charge on any atom is -0.390 e. The van der Waals surface area contributed by atoms with Crippen LogP contribution in [0.15, 0.2) is 24.3 Å². The van der Waals surface area contributed by atoms with E-state index in [4.69, 9.17) is 0 Å². The van der Waals surface area contributed by atoms with Gasteiger partial charge in [-0.2, -0.15) is 0 Å². The van der Waals surface area contributed by atoms with Gasteiger partial charge in [-0.15, -0.1) is 0 Å². The lowest BCUT2D eigenvalue weighted by Gasteiger charge is -2.17. The monoisotopic (exact) mass is 234 g/mol. The minimum absolute atomic E-state index is 0.0210. The summed E-state index contributed by atoms with van der Waals surface area (Å²) in [6.07, 6.45) is -0.748.